The van der Waals surface area contributed by atoms with Gasteiger partial charge in [-0.05, 0) is 69.3 Å². The van der Waals surface area contributed by atoms with Crippen molar-refractivity contribution < 1.29 is 14.3 Å². The van der Waals surface area contributed by atoms with Crippen LogP contribution in [0.3, 0.4) is 0 Å². The van der Waals surface area contributed by atoms with Crippen molar-refractivity contribution in [2.75, 3.05) is 13.1 Å². The highest BCUT2D eigenvalue weighted by Gasteiger charge is 2.45. The van der Waals surface area contributed by atoms with Crippen LogP contribution >= 0.6 is 0 Å². The molecule has 0 amide bonds. The molecule has 4 nitrogen and oxygen atoms in total. The third-order valence-electron chi connectivity index (χ3n) is 5.45. The van der Waals surface area contributed by atoms with Crippen LogP contribution in [0.1, 0.15) is 67.2 Å². The minimum atomic E-state index is -0.139. The molecule has 130 valence electrons. The lowest BCUT2D eigenvalue weighted by Crippen LogP contribution is -2.49. The van der Waals surface area contributed by atoms with Crippen LogP contribution in [0, 0.1) is 11.3 Å². The molecule has 4 heteroatoms. The molecule has 1 aromatic rings. The molecular weight excluding hydrogens is 302 g/mol. The Morgan fingerprint density at radius 1 is 1.17 bits per heavy atom. The van der Waals surface area contributed by atoms with E-state index in [0.717, 1.165) is 25.9 Å². The number of carbonyl (C=O) groups excluding carboxylic acids is 2. The summed E-state index contributed by atoms with van der Waals surface area (Å²) in [5, 5.41) is 3.41. The Hall–Kier alpha value is -1.68. The molecule has 1 aliphatic heterocycles. The number of hydrogen-bond acceptors (Lipinski definition) is 4. The second kappa shape index (κ2) is 6.67. The van der Waals surface area contributed by atoms with Crippen LogP contribution in [0.15, 0.2) is 18.2 Å². The van der Waals surface area contributed by atoms with Crippen LogP contribution in [-0.2, 0) is 0 Å². The fourth-order valence-corrected chi connectivity index (χ4v) is 3.97. The number of carbonyl (C=O) groups is 2. The summed E-state index contributed by atoms with van der Waals surface area (Å²) in [6.07, 6.45) is 4.88. The third kappa shape index (κ3) is 3.39. The van der Waals surface area contributed by atoms with Crippen molar-refractivity contribution in [3.8, 4) is 5.75 Å². The number of hydrogen-bond donors (Lipinski definition) is 1. The van der Waals surface area contributed by atoms with Gasteiger partial charge < -0.3 is 10.1 Å². The summed E-state index contributed by atoms with van der Waals surface area (Å²) in [6.45, 7) is 7.42. The Balaban J connectivity index is 1.72. The smallest absolute Gasteiger partial charge is 0.166 e. The van der Waals surface area contributed by atoms with Gasteiger partial charge in [-0.15, -0.1) is 0 Å². The summed E-state index contributed by atoms with van der Waals surface area (Å²) in [5.74, 6) is 0.481. The van der Waals surface area contributed by atoms with Gasteiger partial charge in [0.15, 0.2) is 11.6 Å². The predicted octanol–water partition coefficient (Wildman–Crippen LogP) is 3.64. The zero-order valence-electron chi connectivity index (χ0n) is 14.9. The van der Waals surface area contributed by atoms with Crippen molar-refractivity contribution in [2.45, 2.75) is 52.6 Å². The van der Waals surface area contributed by atoms with Crippen LogP contribution in [0.5, 0.6) is 5.75 Å². The fourth-order valence-electron chi connectivity index (χ4n) is 3.97. The first-order valence-corrected chi connectivity index (χ1v) is 8.97. The summed E-state index contributed by atoms with van der Waals surface area (Å²) in [4.78, 5) is 24.2. The van der Waals surface area contributed by atoms with E-state index in [1.54, 1.807) is 12.1 Å². The zero-order chi connectivity index (χ0) is 17.3. The van der Waals surface area contributed by atoms with Gasteiger partial charge in [0.25, 0.3) is 0 Å². The highest BCUT2D eigenvalue weighted by molar-refractivity contribution is 6.08. The maximum absolute atomic E-state index is 12.4. The van der Waals surface area contributed by atoms with Crippen LogP contribution in [0.2, 0.25) is 0 Å². The van der Waals surface area contributed by atoms with Crippen molar-refractivity contribution in [2.24, 2.45) is 11.3 Å². The van der Waals surface area contributed by atoms with E-state index in [9.17, 15) is 9.59 Å². The van der Waals surface area contributed by atoms with Crippen LogP contribution in [0.25, 0.3) is 0 Å². The van der Waals surface area contributed by atoms with Gasteiger partial charge in [-0.1, -0.05) is 13.8 Å². The van der Waals surface area contributed by atoms with E-state index in [1.807, 2.05) is 19.9 Å². The van der Waals surface area contributed by atoms with Gasteiger partial charge in [0.1, 0.15) is 5.75 Å². The Bertz CT molecular complexity index is 636. The van der Waals surface area contributed by atoms with Gasteiger partial charge >= 0.3 is 0 Å². The highest BCUT2D eigenvalue weighted by Crippen LogP contribution is 2.49. The summed E-state index contributed by atoms with van der Waals surface area (Å²) in [5.41, 5.74) is 1.45. The summed E-state index contributed by atoms with van der Waals surface area (Å²) in [7, 11) is 0. The predicted molar refractivity (Wildman–Crippen MR) is 93.8 cm³/mol. The van der Waals surface area contributed by atoms with Gasteiger partial charge in [-0.3, -0.25) is 9.59 Å². The SMILES string of the molecule is CC(=O)c1ccc(OC2CC3(CCNCC3)C2)cc1C(=O)C(C)C. The second-order valence-corrected chi connectivity index (χ2v) is 7.68. The van der Waals surface area contributed by atoms with Crippen LogP contribution < -0.4 is 10.1 Å². The first-order chi connectivity index (χ1) is 11.4. The van der Waals surface area contributed by atoms with Gasteiger partial charge in [0.05, 0.1) is 6.10 Å². The number of rotatable bonds is 5. The molecule has 0 atom stereocenters. The molecule has 2 fully saturated rings. The van der Waals surface area contributed by atoms with Gasteiger partial charge in [-0.2, -0.15) is 0 Å². The highest BCUT2D eigenvalue weighted by atomic mass is 16.5. The molecule has 0 unspecified atom stereocenters. The zero-order valence-corrected chi connectivity index (χ0v) is 14.9. The molecule has 0 aromatic heterocycles. The molecule has 1 heterocycles. The number of ketones is 2. The fraction of sp³-hybridized carbons (Fsp3) is 0.600. The number of Topliss-reactive ketones (excluding diaryl/α,β-unsaturated/α-hetero) is 2. The van der Waals surface area contributed by atoms with E-state index in [0.29, 0.717) is 22.3 Å². The van der Waals surface area contributed by atoms with Crippen molar-refractivity contribution in [1.29, 1.82) is 0 Å². The van der Waals surface area contributed by atoms with E-state index in [-0.39, 0.29) is 23.6 Å². The number of benzene rings is 1. The average Bonchev–Trinajstić information content (AvgIpc) is 2.53. The van der Waals surface area contributed by atoms with Crippen LogP contribution in [0.4, 0.5) is 0 Å². The number of piperidine rings is 1. The summed E-state index contributed by atoms with van der Waals surface area (Å²) < 4.78 is 6.10. The van der Waals surface area contributed by atoms with Gasteiger partial charge in [0, 0.05) is 17.0 Å². The molecule has 2 aliphatic rings. The number of ether oxygens (including phenoxy) is 1. The van der Waals surface area contributed by atoms with Crippen molar-refractivity contribution in [3.63, 3.8) is 0 Å². The van der Waals surface area contributed by atoms with Crippen LogP contribution in [-0.4, -0.2) is 30.8 Å². The van der Waals surface area contributed by atoms with Gasteiger partial charge in [0.2, 0.25) is 0 Å². The van der Waals surface area contributed by atoms with E-state index < -0.39 is 0 Å². The first-order valence-electron chi connectivity index (χ1n) is 8.97. The maximum atomic E-state index is 12.4. The Kier molecular flexibility index (Phi) is 4.77. The molecule has 24 heavy (non-hydrogen) atoms. The minimum absolute atomic E-state index is 0.00548. The lowest BCUT2D eigenvalue weighted by molar-refractivity contribution is -0.0347. The Morgan fingerprint density at radius 3 is 2.42 bits per heavy atom. The van der Waals surface area contributed by atoms with E-state index >= 15 is 0 Å². The molecule has 0 radical (unpaired) electrons. The van der Waals surface area contributed by atoms with Crippen molar-refractivity contribution in [3.05, 3.63) is 29.3 Å². The topological polar surface area (TPSA) is 55.4 Å². The van der Waals surface area contributed by atoms with Crippen molar-refractivity contribution in [1.82, 2.24) is 5.32 Å². The Morgan fingerprint density at radius 2 is 1.83 bits per heavy atom. The molecule has 0 bridgehead atoms. The van der Waals surface area contributed by atoms with E-state index in [2.05, 4.69) is 5.32 Å². The lowest BCUT2D eigenvalue weighted by Gasteiger charge is -2.49. The van der Waals surface area contributed by atoms with Gasteiger partial charge in [-0.25, -0.2) is 0 Å². The maximum Gasteiger partial charge on any atom is 0.166 e. The molecule has 1 N–H and O–H groups in total. The normalized spacial score (nSPS) is 20.0. The minimum Gasteiger partial charge on any atom is -0.490 e. The van der Waals surface area contributed by atoms with E-state index in [1.165, 1.54) is 19.8 Å². The molecule has 3 rings (SSSR count). The summed E-state index contributed by atoms with van der Waals surface area (Å²) >= 11 is 0. The molecule has 1 spiro atoms. The standard InChI is InChI=1S/C20H27NO3/c1-13(2)19(23)18-10-15(4-5-17(18)14(3)22)24-16-11-20(12-16)6-8-21-9-7-20/h4-5,10,13,16,21H,6-9,11-12H2,1-3H3. The monoisotopic (exact) mass is 329 g/mol. The molecule has 1 aliphatic carbocycles. The second-order valence-electron chi connectivity index (χ2n) is 7.68. The largest absolute Gasteiger partial charge is 0.490 e. The Labute approximate surface area is 144 Å². The average molecular weight is 329 g/mol. The summed E-state index contributed by atoms with van der Waals surface area (Å²) in [6, 6.07) is 5.31. The lowest BCUT2D eigenvalue weighted by atomic mass is 9.62. The van der Waals surface area contributed by atoms with Crippen molar-refractivity contribution >= 4 is 11.6 Å². The molecular formula is C20H27NO3. The molecule has 1 saturated heterocycles. The first kappa shape index (κ1) is 17.2. The molecule has 1 aromatic carbocycles. The molecule has 1 saturated carbocycles. The third-order valence-corrected chi connectivity index (χ3v) is 5.45. The van der Waals surface area contributed by atoms with E-state index in [4.69, 9.17) is 4.74 Å². The number of nitrogens with one attached hydrogen (secondary N) is 1. The quantitative estimate of drug-likeness (QED) is 0.838.